The van der Waals surface area contributed by atoms with E-state index in [0.29, 0.717) is 32.5 Å². The average molecular weight is 414 g/mol. The number of nitrogens with zero attached hydrogens (tertiary/aromatic N) is 1. The molecule has 0 amide bonds. The molecule has 1 fully saturated rings. The quantitative estimate of drug-likeness (QED) is 0.766. The van der Waals surface area contributed by atoms with Gasteiger partial charge in [0, 0.05) is 31.9 Å². The molecule has 1 aliphatic rings. The lowest BCUT2D eigenvalue weighted by molar-refractivity contribution is -0.0435. The second-order valence-electron chi connectivity index (χ2n) is 6.34. The first kappa shape index (κ1) is 21.0. The molecule has 6 nitrogen and oxygen atoms in total. The van der Waals surface area contributed by atoms with Crippen LogP contribution in [0.4, 0.5) is 18.9 Å². The van der Waals surface area contributed by atoms with E-state index >= 15 is 0 Å². The number of hydrogen-bond acceptors (Lipinski definition) is 6. The van der Waals surface area contributed by atoms with Gasteiger partial charge in [-0.2, -0.15) is 13.2 Å². The third-order valence-electron chi connectivity index (χ3n) is 4.21. The van der Waals surface area contributed by atoms with Gasteiger partial charge in [-0.1, -0.05) is 12.1 Å². The van der Waals surface area contributed by atoms with Crippen molar-refractivity contribution in [3.63, 3.8) is 0 Å². The summed E-state index contributed by atoms with van der Waals surface area (Å²) in [6, 6.07) is 4.78. The van der Waals surface area contributed by atoms with Crippen molar-refractivity contribution in [1.29, 1.82) is 0 Å². The van der Waals surface area contributed by atoms with E-state index in [1.807, 2.05) is 4.90 Å². The van der Waals surface area contributed by atoms with Gasteiger partial charge < -0.3 is 10.2 Å². The number of benzene rings is 1. The molecule has 148 valence electrons. The summed E-state index contributed by atoms with van der Waals surface area (Å²) in [4.78, 5) is 1.18. The fraction of sp³-hybridized carbons (Fsp3) is 0.600. The Morgan fingerprint density at radius 3 is 2.23 bits per heavy atom. The van der Waals surface area contributed by atoms with Crippen molar-refractivity contribution < 1.29 is 30.0 Å². The molecule has 2 rings (SSSR count). The molecule has 0 bridgehead atoms. The van der Waals surface area contributed by atoms with Crippen LogP contribution in [0, 0.1) is 0 Å². The normalized spacial score (nSPS) is 18.0. The molecule has 1 aromatic rings. The van der Waals surface area contributed by atoms with Crippen molar-refractivity contribution in [2.75, 3.05) is 37.0 Å². The van der Waals surface area contributed by atoms with E-state index in [-0.39, 0.29) is 17.5 Å². The number of hydrogen-bond donors (Lipinski definition) is 1. The summed E-state index contributed by atoms with van der Waals surface area (Å²) in [5.41, 5.74) is -5.43. The lowest BCUT2D eigenvalue weighted by Crippen LogP contribution is -2.41. The molecule has 26 heavy (non-hydrogen) atoms. The summed E-state index contributed by atoms with van der Waals surface area (Å²) in [7, 11) is -8.49. The Morgan fingerprint density at radius 2 is 1.69 bits per heavy atom. The van der Waals surface area contributed by atoms with Crippen LogP contribution >= 0.6 is 0 Å². The standard InChI is InChI=1S/C15H21F3N2O4S2/c1-25(21,22)11-10-20-8-6-12(7-9-20)19-13-4-2-3-5-14(13)26(23,24)15(16,17)18/h2-5,12,19H,6-11H2,1H3. The Balaban J connectivity index is 2.04. The van der Waals surface area contributed by atoms with Crippen LogP contribution in [0.2, 0.25) is 0 Å². The van der Waals surface area contributed by atoms with Gasteiger partial charge in [0.05, 0.1) is 16.3 Å². The minimum absolute atomic E-state index is 0.0533. The predicted octanol–water partition coefficient (Wildman–Crippen LogP) is 1.90. The summed E-state index contributed by atoms with van der Waals surface area (Å²) in [6.45, 7) is 1.58. The minimum Gasteiger partial charge on any atom is -0.381 e. The second kappa shape index (κ2) is 7.73. The highest BCUT2D eigenvalue weighted by Gasteiger charge is 2.48. The molecule has 0 atom stereocenters. The van der Waals surface area contributed by atoms with Crippen LogP contribution in [0.3, 0.4) is 0 Å². The molecule has 0 saturated carbocycles. The number of rotatable bonds is 6. The first-order valence-electron chi connectivity index (χ1n) is 7.97. The van der Waals surface area contributed by atoms with Crippen molar-refractivity contribution >= 4 is 25.4 Å². The Hall–Kier alpha value is -1.33. The van der Waals surface area contributed by atoms with Crippen molar-refractivity contribution in [3.8, 4) is 0 Å². The topological polar surface area (TPSA) is 83.6 Å². The van der Waals surface area contributed by atoms with E-state index in [1.54, 1.807) is 0 Å². The molecule has 1 aromatic carbocycles. The summed E-state index contributed by atoms with van der Waals surface area (Å²) < 4.78 is 84.4. The molecule has 0 radical (unpaired) electrons. The van der Waals surface area contributed by atoms with E-state index in [2.05, 4.69) is 5.32 Å². The number of nitrogens with one attached hydrogen (secondary N) is 1. The molecule has 11 heteroatoms. The van der Waals surface area contributed by atoms with Crippen LogP contribution in [0.15, 0.2) is 29.2 Å². The van der Waals surface area contributed by atoms with E-state index in [0.717, 1.165) is 6.07 Å². The van der Waals surface area contributed by atoms with Crippen LogP contribution < -0.4 is 5.32 Å². The van der Waals surface area contributed by atoms with Crippen molar-refractivity contribution in [3.05, 3.63) is 24.3 Å². The Morgan fingerprint density at radius 1 is 1.12 bits per heavy atom. The summed E-state index contributed by atoms with van der Waals surface area (Å²) in [5.74, 6) is 0.0533. The monoisotopic (exact) mass is 414 g/mol. The number of sulfone groups is 2. The van der Waals surface area contributed by atoms with E-state index in [9.17, 15) is 30.0 Å². The fourth-order valence-corrected chi connectivity index (χ4v) is 4.27. The second-order valence-corrected chi connectivity index (χ2v) is 10.5. The fourth-order valence-electron chi connectivity index (χ4n) is 2.76. The van der Waals surface area contributed by atoms with Gasteiger partial charge in [-0.15, -0.1) is 0 Å². The first-order valence-corrected chi connectivity index (χ1v) is 11.5. The molecular formula is C15H21F3N2O4S2. The highest BCUT2D eigenvalue weighted by molar-refractivity contribution is 7.92. The van der Waals surface area contributed by atoms with E-state index in [1.165, 1.54) is 24.5 Å². The summed E-state index contributed by atoms with van der Waals surface area (Å²) in [6.07, 6.45) is 2.31. The van der Waals surface area contributed by atoms with Crippen LogP contribution in [0.25, 0.3) is 0 Å². The van der Waals surface area contributed by atoms with Crippen molar-refractivity contribution in [1.82, 2.24) is 4.90 Å². The number of alkyl halides is 3. The van der Waals surface area contributed by atoms with Gasteiger partial charge in [-0.05, 0) is 25.0 Å². The molecule has 1 heterocycles. The average Bonchev–Trinajstić information content (AvgIpc) is 2.53. The Bertz CT molecular complexity index is 831. The molecular weight excluding hydrogens is 393 g/mol. The van der Waals surface area contributed by atoms with Crippen LogP contribution in [0.1, 0.15) is 12.8 Å². The van der Waals surface area contributed by atoms with Gasteiger partial charge in [0.25, 0.3) is 9.84 Å². The molecule has 0 spiro atoms. The lowest BCUT2D eigenvalue weighted by Gasteiger charge is -2.33. The van der Waals surface area contributed by atoms with Gasteiger partial charge in [-0.25, -0.2) is 16.8 Å². The van der Waals surface area contributed by atoms with Gasteiger partial charge in [-0.3, -0.25) is 0 Å². The number of halogens is 3. The van der Waals surface area contributed by atoms with E-state index < -0.39 is 30.1 Å². The molecule has 0 aromatic heterocycles. The predicted molar refractivity (Wildman–Crippen MR) is 92.5 cm³/mol. The van der Waals surface area contributed by atoms with Crippen LogP contribution in [-0.2, 0) is 19.7 Å². The maximum atomic E-state index is 12.8. The van der Waals surface area contributed by atoms with Gasteiger partial charge in [0.2, 0.25) is 0 Å². The summed E-state index contributed by atoms with van der Waals surface area (Å²) in [5, 5.41) is 2.90. The first-order chi connectivity index (χ1) is 11.9. The summed E-state index contributed by atoms with van der Waals surface area (Å²) >= 11 is 0. The largest absolute Gasteiger partial charge is 0.501 e. The number of piperidine rings is 1. The Labute approximate surface area is 151 Å². The zero-order valence-corrected chi connectivity index (χ0v) is 15.8. The van der Waals surface area contributed by atoms with Crippen molar-refractivity contribution in [2.24, 2.45) is 0 Å². The SMILES string of the molecule is CS(=O)(=O)CCN1CCC(Nc2ccccc2S(=O)(=O)C(F)(F)F)CC1. The molecule has 1 aliphatic heterocycles. The number of likely N-dealkylation sites (tertiary alicyclic amines) is 1. The zero-order chi connectivity index (χ0) is 19.6. The molecule has 1 saturated heterocycles. The van der Waals surface area contributed by atoms with Gasteiger partial charge in [0.15, 0.2) is 0 Å². The van der Waals surface area contributed by atoms with E-state index in [4.69, 9.17) is 0 Å². The van der Waals surface area contributed by atoms with Crippen molar-refractivity contribution in [2.45, 2.75) is 29.3 Å². The zero-order valence-electron chi connectivity index (χ0n) is 14.2. The number of anilines is 1. The molecule has 0 aliphatic carbocycles. The van der Waals surface area contributed by atoms with Crippen LogP contribution in [-0.4, -0.2) is 64.9 Å². The third-order valence-corrected chi connectivity index (χ3v) is 6.68. The highest BCUT2D eigenvalue weighted by Crippen LogP contribution is 2.34. The Kier molecular flexibility index (Phi) is 6.24. The number of para-hydroxylation sites is 1. The van der Waals surface area contributed by atoms with Gasteiger partial charge >= 0.3 is 5.51 Å². The maximum Gasteiger partial charge on any atom is 0.501 e. The minimum atomic E-state index is -5.43. The molecule has 0 unspecified atom stereocenters. The van der Waals surface area contributed by atoms with Crippen LogP contribution in [0.5, 0.6) is 0 Å². The molecule has 1 N–H and O–H groups in total. The smallest absolute Gasteiger partial charge is 0.381 e. The highest BCUT2D eigenvalue weighted by atomic mass is 32.2. The third kappa shape index (κ3) is 5.34. The van der Waals surface area contributed by atoms with Gasteiger partial charge in [0.1, 0.15) is 9.84 Å². The maximum absolute atomic E-state index is 12.8. The lowest BCUT2D eigenvalue weighted by atomic mass is 10.0.